The summed E-state index contributed by atoms with van der Waals surface area (Å²) < 4.78 is 0. The Kier molecular flexibility index (Phi) is 5.95. The largest absolute Gasteiger partial charge is 0.313 e. The van der Waals surface area contributed by atoms with Gasteiger partial charge in [-0.2, -0.15) is 0 Å². The lowest BCUT2D eigenvalue weighted by molar-refractivity contribution is -0.144. The Morgan fingerprint density at radius 2 is 1.55 bits per heavy atom. The van der Waals surface area contributed by atoms with E-state index in [2.05, 4.69) is 34.6 Å². The van der Waals surface area contributed by atoms with Gasteiger partial charge in [0.1, 0.15) is 0 Å². The van der Waals surface area contributed by atoms with Crippen molar-refractivity contribution in [1.29, 1.82) is 0 Å². The summed E-state index contributed by atoms with van der Waals surface area (Å²) >= 11 is 0. The van der Waals surface area contributed by atoms with Crippen LogP contribution in [0, 0.1) is 52.3 Å². The van der Waals surface area contributed by atoms with Crippen molar-refractivity contribution in [2.45, 2.75) is 117 Å². The molecule has 2 heteroatoms. The first-order valence-corrected chi connectivity index (χ1v) is 13.2. The Morgan fingerprint density at radius 1 is 0.828 bits per heavy atom. The van der Waals surface area contributed by atoms with Crippen molar-refractivity contribution < 1.29 is 0 Å². The third-order valence-corrected chi connectivity index (χ3v) is 11.0. The highest BCUT2D eigenvalue weighted by molar-refractivity contribution is 5.14. The van der Waals surface area contributed by atoms with Gasteiger partial charge in [-0.1, -0.05) is 66.7 Å². The Balaban J connectivity index is 1.53. The molecule has 4 N–H and O–H groups in total. The third-order valence-electron chi connectivity index (χ3n) is 11.0. The molecule has 0 aromatic carbocycles. The van der Waals surface area contributed by atoms with Gasteiger partial charge in [0, 0.05) is 0 Å². The monoisotopic (exact) mass is 402 g/mol. The van der Waals surface area contributed by atoms with Gasteiger partial charge in [-0.3, -0.25) is 0 Å². The summed E-state index contributed by atoms with van der Waals surface area (Å²) in [6, 6.07) is 0. The van der Waals surface area contributed by atoms with E-state index in [0.29, 0.717) is 16.7 Å². The maximum atomic E-state index is 6.92. The fraction of sp³-hybridized carbons (Fsp3) is 1.00. The zero-order valence-corrected chi connectivity index (χ0v) is 20.2. The van der Waals surface area contributed by atoms with Crippen molar-refractivity contribution in [3.63, 3.8) is 0 Å². The van der Waals surface area contributed by atoms with Crippen LogP contribution in [-0.4, -0.2) is 5.66 Å². The summed E-state index contributed by atoms with van der Waals surface area (Å²) in [5.41, 5.74) is 14.3. The molecule has 0 amide bonds. The molecule has 0 aliphatic heterocycles. The average molecular weight is 403 g/mol. The zero-order valence-electron chi connectivity index (χ0n) is 20.2. The van der Waals surface area contributed by atoms with Gasteiger partial charge in [-0.05, 0) is 97.2 Å². The van der Waals surface area contributed by atoms with E-state index >= 15 is 0 Å². The smallest absolute Gasteiger partial charge is 0.0673 e. The van der Waals surface area contributed by atoms with E-state index in [1.54, 1.807) is 0 Å². The van der Waals surface area contributed by atoms with Gasteiger partial charge in [0.15, 0.2) is 0 Å². The van der Waals surface area contributed by atoms with Gasteiger partial charge in [-0.25, -0.2) is 0 Å². The fourth-order valence-electron chi connectivity index (χ4n) is 9.65. The molecule has 0 spiro atoms. The molecule has 0 heterocycles. The molecular weight excluding hydrogens is 352 g/mol. The summed E-state index contributed by atoms with van der Waals surface area (Å²) in [5.74, 6) is 5.70. The van der Waals surface area contributed by atoms with Gasteiger partial charge >= 0.3 is 0 Å². The van der Waals surface area contributed by atoms with Crippen LogP contribution in [0.25, 0.3) is 0 Å². The quantitative estimate of drug-likeness (QED) is 0.501. The second-order valence-electron chi connectivity index (χ2n) is 13.0. The molecular formula is C27H50N2. The first-order valence-electron chi connectivity index (χ1n) is 13.2. The molecule has 8 atom stereocenters. The first kappa shape index (κ1) is 22.1. The normalized spacial score (nSPS) is 47.4. The number of hydrogen-bond donors (Lipinski definition) is 2. The van der Waals surface area contributed by atoms with Crippen molar-refractivity contribution in [3.8, 4) is 0 Å². The van der Waals surface area contributed by atoms with Crippen LogP contribution in [0.15, 0.2) is 0 Å². The van der Waals surface area contributed by atoms with Crippen LogP contribution in [0.4, 0.5) is 0 Å². The molecule has 0 bridgehead atoms. The maximum Gasteiger partial charge on any atom is 0.0673 e. The molecule has 4 fully saturated rings. The van der Waals surface area contributed by atoms with Crippen LogP contribution in [-0.2, 0) is 0 Å². The highest BCUT2D eigenvalue weighted by Gasteiger charge is 2.63. The van der Waals surface area contributed by atoms with Crippen molar-refractivity contribution in [2.24, 2.45) is 63.7 Å². The average Bonchev–Trinajstić information content (AvgIpc) is 2.98. The van der Waals surface area contributed by atoms with Crippen LogP contribution in [0.1, 0.15) is 112 Å². The molecule has 4 rings (SSSR count). The summed E-state index contributed by atoms with van der Waals surface area (Å²) in [6.07, 6.45) is 16.5. The molecule has 2 nitrogen and oxygen atoms in total. The fourth-order valence-corrected chi connectivity index (χ4v) is 9.65. The summed E-state index contributed by atoms with van der Waals surface area (Å²) in [6.45, 7) is 12.6. The van der Waals surface area contributed by atoms with Crippen LogP contribution in [0.3, 0.4) is 0 Å². The Hall–Kier alpha value is -0.0800. The minimum absolute atomic E-state index is 0.396. The third kappa shape index (κ3) is 3.63. The topological polar surface area (TPSA) is 52.0 Å². The van der Waals surface area contributed by atoms with Crippen molar-refractivity contribution in [3.05, 3.63) is 0 Å². The van der Waals surface area contributed by atoms with Gasteiger partial charge in [0.2, 0.25) is 0 Å². The maximum absolute atomic E-state index is 6.92. The van der Waals surface area contributed by atoms with E-state index in [0.717, 1.165) is 41.9 Å². The number of rotatable bonds is 5. The highest BCUT2D eigenvalue weighted by Crippen LogP contribution is 2.69. The highest BCUT2D eigenvalue weighted by atomic mass is 15.0. The van der Waals surface area contributed by atoms with E-state index in [1.807, 2.05) is 0 Å². The summed E-state index contributed by atoms with van der Waals surface area (Å²) in [4.78, 5) is 0. The summed E-state index contributed by atoms with van der Waals surface area (Å²) in [7, 11) is 0. The van der Waals surface area contributed by atoms with Gasteiger partial charge in [0.05, 0.1) is 5.66 Å². The first-order chi connectivity index (χ1) is 13.6. The lowest BCUT2D eigenvalue weighted by Gasteiger charge is -2.64. The number of nitrogens with two attached hydrogens (primary N) is 2. The van der Waals surface area contributed by atoms with Crippen molar-refractivity contribution in [2.75, 3.05) is 0 Å². The molecule has 0 aromatic rings. The standard InChI is InChI=1S/C27H50N2/c1-18(2)9-8-10-19(3)21-12-13-22-20-17-27(28,29)24-11-6-7-15-26(24,5)23(20)14-16-25(21,22)4/h18-24H,6-17,28-29H2,1-5H3/t19-,20+,21-,22-,23-,24+,25+,26-/m0/s1. The zero-order chi connectivity index (χ0) is 21.0. The van der Waals surface area contributed by atoms with E-state index < -0.39 is 5.66 Å². The predicted molar refractivity (Wildman–Crippen MR) is 124 cm³/mol. The van der Waals surface area contributed by atoms with Crippen LogP contribution < -0.4 is 11.5 Å². The van der Waals surface area contributed by atoms with E-state index in [-0.39, 0.29) is 0 Å². The molecule has 4 saturated carbocycles. The van der Waals surface area contributed by atoms with Gasteiger partial charge in [0.25, 0.3) is 0 Å². The lowest BCUT2D eigenvalue weighted by Crippen LogP contribution is -2.69. The van der Waals surface area contributed by atoms with Crippen molar-refractivity contribution in [1.82, 2.24) is 0 Å². The Bertz CT molecular complexity index is 583. The van der Waals surface area contributed by atoms with Gasteiger partial charge in [-0.15, -0.1) is 0 Å². The van der Waals surface area contributed by atoms with E-state index in [9.17, 15) is 0 Å². The molecule has 29 heavy (non-hydrogen) atoms. The minimum atomic E-state index is -0.435. The molecule has 4 aliphatic carbocycles. The van der Waals surface area contributed by atoms with Gasteiger partial charge < -0.3 is 11.5 Å². The predicted octanol–water partition coefficient (Wildman–Crippen LogP) is 6.72. The Morgan fingerprint density at radius 3 is 2.28 bits per heavy atom. The minimum Gasteiger partial charge on any atom is -0.313 e. The second-order valence-corrected chi connectivity index (χ2v) is 13.0. The number of fused-ring (bicyclic) bond motifs is 5. The molecule has 0 aromatic heterocycles. The van der Waals surface area contributed by atoms with Crippen LogP contribution in [0.2, 0.25) is 0 Å². The van der Waals surface area contributed by atoms with Crippen LogP contribution in [0.5, 0.6) is 0 Å². The molecule has 0 unspecified atom stereocenters. The molecule has 0 radical (unpaired) electrons. The molecule has 4 aliphatic rings. The second kappa shape index (κ2) is 7.80. The summed E-state index contributed by atoms with van der Waals surface area (Å²) in [5, 5.41) is 0. The SMILES string of the molecule is CC(C)CCC[C@H](C)[C@@H]1CC[C@H]2[C@H]3CC(N)(N)[C@@H]4CCCC[C@@]4(C)[C@H]3CC[C@@]21C. The van der Waals surface area contributed by atoms with E-state index in [1.165, 1.54) is 70.6 Å². The Labute approximate surface area is 181 Å². The van der Waals surface area contributed by atoms with Crippen LogP contribution >= 0.6 is 0 Å². The lowest BCUT2D eigenvalue weighted by atomic mass is 9.42. The number of hydrogen-bond acceptors (Lipinski definition) is 2. The molecule has 168 valence electrons. The molecule has 0 saturated heterocycles. The van der Waals surface area contributed by atoms with E-state index in [4.69, 9.17) is 11.5 Å². The van der Waals surface area contributed by atoms with Crippen molar-refractivity contribution >= 4 is 0 Å².